The van der Waals surface area contributed by atoms with E-state index in [0.717, 1.165) is 17.7 Å². The zero-order valence-electron chi connectivity index (χ0n) is 20.4. The average molecular weight is 480 g/mol. The number of carbonyl (C=O) groups is 2. The fourth-order valence-electron chi connectivity index (χ4n) is 3.85. The third-order valence-corrected chi connectivity index (χ3v) is 5.88. The summed E-state index contributed by atoms with van der Waals surface area (Å²) in [4.78, 5) is 31.6. The maximum Gasteiger partial charge on any atom is 0.291 e. The minimum atomic E-state index is -0.901. The maximum atomic E-state index is 13.9. The highest BCUT2D eigenvalue weighted by molar-refractivity contribution is 5.95. The van der Waals surface area contributed by atoms with Crippen LogP contribution in [0.15, 0.2) is 59.5 Å². The summed E-state index contributed by atoms with van der Waals surface area (Å²) in [6.07, 6.45) is 7.71. The van der Waals surface area contributed by atoms with Gasteiger partial charge >= 0.3 is 0 Å². The Hall–Kier alpha value is -3.75. The number of amides is 2. The van der Waals surface area contributed by atoms with Gasteiger partial charge in [-0.25, -0.2) is 9.37 Å². The Morgan fingerprint density at radius 3 is 2.83 bits per heavy atom. The van der Waals surface area contributed by atoms with Crippen LogP contribution in [0.5, 0.6) is 0 Å². The van der Waals surface area contributed by atoms with Gasteiger partial charge in [-0.3, -0.25) is 14.7 Å². The molecular formula is C26H30FN5O3. The molecule has 0 saturated carbocycles. The molecule has 35 heavy (non-hydrogen) atoms. The molecule has 2 N–H and O–H groups in total. The number of carbonyl (C=O) groups excluding carboxylic acids is 2. The van der Waals surface area contributed by atoms with Gasteiger partial charge in [-0.2, -0.15) is 0 Å². The van der Waals surface area contributed by atoms with E-state index in [4.69, 9.17) is 4.74 Å². The standard InChI is InChI=1S/C26H30FN5O3/c1-26(2,3)12-11-16-9-10-21-20(13-16)32(4)25(34)19(15-35-21)28-24(33)23-29-22(30-31-23)14-17-7-5-6-8-18(17)27/h5-11,19H,12-15H2,1-4H3,(H,28,33)(H,29,30,31)/t19-/m0/s1. The van der Waals surface area contributed by atoms with Gasteiger partial charge in [0.25, 0.3) is 11.8 Å². The zero-order chi connectivity index (χ0) is 25.2. The van der Waals surface area contributed by atoms with Gasteiger partial charge in [-0.15, -0.1) is 5.10 Å². The number of rotatable bonds is 5. The van der Waals surface area contributed by atoms with Gasteiger partial charge in [0.2, 0.25) is 5.82 Å². The molecule has 0 radical (unpaired) electrons. The van der Waals surface area contributed by atoms with Crippen LogP contribution >= 0.6 is 0 Å². The van der Waals surface area contributed by atoms with Crippen molar-refractivity contribution in [1.82, 2.24) is 25.4 Å². The van der Waals surface area contributed by atoms with E-state index >= 15 is 0 Å². The van der Waals surface area contributed by atoms with Gasteiger partial charge in [0, 0.05) is 19.9 Å². The Balaban J connectivity index is 1.41. The molecule has 4 rings (SSSR count). The van der Waals surface area contributed by atoms with E-state index < -0.39 is 11.9 Å². The van der Waals surface area contributed by atoms with Crippen molar-refractivity contribution >= 4 is 11.8 Å². The largest absolute Gasteiger partial charge is 0.489 e. The molecule has 1 atom stereocenters. The van der Waals surface area contributed by atoms with Crippen LogP contribution < -0.4 is 5.32 Å². The van der Waals surface area contributed by atoms with Crippen molar-refractivity contribution in [2.75, 3.05) is 13.7 Å². The topological polar surface area (TPSA) is 100 Å². The van der Waals surface area contributed by atoms with Crippen molar-refractivity contribution in [2.45, 2.75) is 46.1 Å². The molecule has 8 nitrogen and oxygen atoms in total. The molecule has 1 aromatic heterocycles. The molecule has 2 amide bonds. The summed E-state index contributed by atoms with van der Waals surface area (Å²) >= 11 is 0. The number of hydrogen-bond donors (Lipinski definition) is 2. The Labute approximate surface area is 204 Å². The van der Waals surface area contributed by atoms with Crippen molar-refractivity contribution in [2.24, 2.45) is 5.41 Å². The zero-order valence-corrected chi connectivity index (χ0v) is 20.4. The monoisotopic (exact) mass is 479 g/mol. The number of nitrogens with zero attached hydrogens (tertiary/aromatic N) is 3. The second-order valence-corrected chi connectivity index (χ2v) is 9.97. The lowest BCUT2D eigenvalue weighted by atomic mass is 9.90. The van der Waals surface area contributed by atoms with Gasteiger partial charge in [0.05, 0.1) is 5.70 Å². The Kier molecular flexibility index (Phi) is 6.86. The Morgan fingerprint density at radius 2 is 2.09 bits per heavy atom. The van der Waals surface area contributed by atoms with Crippen LogP contribution in [0.1, 0.15) is 55.6 Å². The molecule has 2 aliphatic rings. The number of allylic oxidation sites excluding steroid dienone is 4. The first kappa shape index (κ1) is 24.4. The number of benzene rings is 1. The van der Waals surface area contributed by atoms with E-state index in [1.807, 2.05) is 12.2 Å². The molecule has 2 aromatic rings. The van der Waals surface area contributed by atoms with Crippen LogP contribution in [0.2, 0.25) is 0 Å². The van der Waals surface area contributed by atoms with Crippen molar-refractivity contribution in [1.29, 1.82) is 0 Å². The number of halogens is 1. The molecule has 1 aromatic carbocycles. The van der Waals surface area contributed by atoms with E-state index in [9.17, 15) is 14.0 Å². The minimum absolute atomic E-state index is 0.00830. The molecule has 1 aliphatic heterocycles. The fourth-order valence-corrected chi connectivity index (χ4v) is 3.85. The van der Waals surface area contributed by atoms with E-state index in [-0.39, 0.29) is 36.0 Å². The number of hydrogen-bond acceptors (Lipinski definition) is 5. The average Bonchev–Trinajstić information content (AvgIpc) is 3.25. The molecule has 1 aliphatic carbocycles. The number of aromatic amines is 1. The molecule has 0 unspecified atom stereocenters. The molecule has 0 spiro atoms. The predicted octanol–water partition coefficient (Wildman–Crippen LogP) is 3.66. The maximum absolute atomic E-state index is 13.9. The third kappa shape index (κ3) is 5.85. The quantitative estimate of drug-likeness (QED) is 0.682. The van der Waals surface area contributed by atoms with E-state index in [2.05, 4.69) is 47.3 Å². The second-order valence-electron chi connectivity index (χ2n) is 9.97. The smallest absolute Gasteiger partial charge is 0.291 e. The summed E-state index contributed by atoms with van der Waals surface area (Å²) in [5.41, 5.74) is 2.49. The minimum Gasteiger partial charge on any atom is -0.489 e. The summed E-state index contributed by atoms with van der Waals surface area (Å²) in [7, 11) is 1.69. The highest BCUT2D eigenvalue weighted by atomic mass is 19.1. The normalized spacial score (nSPS) is 19.5. The van der Waals surface area contributed by atoms with Crippen LogP contribution in [-0.2, 0) is 16.0 Å². The summed E-state index contributed by atoms with van der Waals surface area (Å²) in [5, 5.41) is 9.26. The highest BCUT2D eigenvalue weighted by Crippen LogP contribution is 2.30. The van der Waals surface area contributed by atoms with Gasteiger partial charge in [0.1, 0.15) is 30.0 Å². The summed E-state index contributed by atoms with van der Waals surface area (Å²) in [5.74, 6) is -0.413. The molecule has 0 fully saturated rings. The molecular weight excluding hydrogens is 449 g/mol. The van der Waals surface area contributed by atoms with Crippen LogP contribution in [-0.4, -0.2) is 51.6 Å². The molecule has 184 valence electrons. The van der Waals surface area contributed by atoms with Crippen LogP contribution in [0.4, 0.5) is 4.39 Å². The number of likely N-dealkylation sites (N-methyl/N-ethyl adjacent to an activating group) is 1. The Bertz CT molecular complexity index is 1220. The van der Waals surface area contributed by atoms with Crippen LogP contribution in [0.3, 0.4) is 0 Å². The molecule has 0 saturated heterocycles. The first-order valence-electron chi connectivity index (χ1n) is 11.6. The van der Waals surface area contributed by atoms with E-state index in [1.165, 1.54) is 6.07 Å². The lowest BCUT2D eigenvalue weighted by Gasteiger charge is -2.25. The molecule has 9 heteroatoms. The first-order valence-corrected chi connectivity index (χ1v) is 11.6. The second kappa shape index (κ2) is 9.85. The first-order chi connectivity index (χ1) is 16.6. The number of aromatic nitrogens is 3. The highest BCUT2D eigenvalue weighted by Gasteiger charge is 2.33. The van der Waals surface area contributed by atoms with E-state index in [1.54, 1.807) is 30.1 Å². The van der Waals surface area contributed by atoms with Gasteiger partial charge in [0.15, 0.2) is 0 Å². The van der Waals surface area contributed by atoms with Gasteiger partial charge in [-0.1, -0.05) is 51.1 Å². The third-order valence-electron chi connectivity index (χ3n) is 5.88. The van der Waals surface area contributed by atoms with Gasteiger partial charge in [-0.05, 0) is 35.1 Å². The Morgan fingerprint density at radius 1 is 1.31 bits per heavy atom. The van der Waals surface area contributed by atoms with E-state index in [0.29, 0.717) is 23.6 Å². The fraction of sp³-hybridized carbons (Fsp3) is 0.385. The summed E-state index contributed by atoms with van der Waals surface area (Å²) in [6, 6.07) is 5.43. The van der Waals surface area contributed by atoms with Gasteiger partial charge < -0.3 is 15.0 Å². The van der Waals surface area contributed by atoms with Crippen molar-refractivity contribution < 1.29 is 18.7 Å². The molecule has 0 bridgehead atoms. The number of nitrogens with one attached hydrogen (secondary N) is 2. The summed E-state index contributed by atoms with van der Waals surface area (Å²) < 4.78 is 19.8. The van der Waals surface area contributed by atoms with Crippen LogP contribution in [0.25, 0.3) is 0 Å². The number of ether oxygens (including phenoxy) is 1. The lowest BCUT2D eigenvalue weighted by molar-refractivity contribution is -0.130. The van der Waals surface area contributed by atoms with Crippen molar-refractivity contribution in [3.63, 3.8) is 0 Å². The SMILES string of the molecule is CN1C(=O)[C@@H](NC(=O)c2n[nH]c(Cc3ccccc3F)n2)COC2=C1CC(=CCC(C)(C)C)C=C2. The van der Waals surface area contributed by atoms with Crippen molar-refractivity contribution in [3.05, 3.63) is 82.6 Å². The number of H-pyrrole nitrogens is 1. The van der Waals surface area contributed by atoms with Crippen LogP contribution in [0, 0.1) is 11.2 Å². The predicted molar refractivity (Wildman–Crippen MR) is 129 cm³/mol. The van der Waals surface area contributed by atoms with Crippen molar-refractivity contribution in [3.8, 4) is 0 Å². The summed E-state index contributed by atoms with van der Waals surface area (Å²) in [6.45, 7) is 6.52. The lowest BCUT2D eigenvalue weighted by Crippen LogP contribution is -2.48. The molecule has 2 heterocycles.